The topological polar surface area (TPSA) is 113 Å². The average molecular weight is 331 g/mol. The lowest BCUT2D eigenvalue weighted by Gasteiger charge is -2.26. The van der Waals surface area contributed by atoms with Crippen molar-refractivity contribution in [3.05, 3.63) is 54.1 Å². The number of imidazole rings is 1. The van der Waals surface area contributed by atoms with E-state index in [1.54, 1.807) is 24.3 Å². The third-order valence-corrected chi connectivity index (χ3v) is 3.34. The first-order chi connectivity index (χ1) is 11.6. The molecule has 0 saturated carbocycles. The van der Waals surface area contributed by atoms with E-state index in [1.165, 1.54) is 12.5 Å². The van der Waals surface area contributed by atoms with Gasteiger partial charge in [0.25, 0.3) is 0 Å². The number of carbonyl (C=O) groups excluding carboxylic acids is 2. The first-order valence-corrected chi connectivity index (χ1v) is 7.23. The summed E-state index contributed by atoms with van der Waals surface area (Å²) < 4.78 is 5.13. The quantitative estimate of drug-likeness (QED) is 0.704. The van der Waals surface area contributed by atoms with Crippen LogP contribution in [-0.2, 0) is 27.4 Å². The van der Waals surface area contributed by atoms with Crippen LogP contribution in [0.4, 0.5) is 4.79 Å². The van der Waals surface area contributed by atoms with Crippen LogP contribution < -0.4 is 0 Å². The van der Waals surface area contributed by atoms with Crippen LogP contribution in [0.5, 0.6) is 0 Å². The molecule has 8 nitrogen and oxygen atoms in total. The third kappa shape index (κ3) is 4.67. The van der Waals surface area contributed by atoms with Gasteiger partial charge in [-0.15, -0.1) is 0 Å². The van der Waals surface area contributed by atoms with Gasteiger partial charge in [0.15, 0.2) is 0 Å². The second-order valence-electron chi connectivity index (χ2n) is 4.99. The van der Waals surface area contributed by atoms with E-state index in [4.69, 9.17) is 4.74 Å². The van der Waals surface area contributed by atoms with Crippen molar-refractivity contribution < 1.29 is 24.2 Å². The van der Waals surface area contributed by atoms with Crippen molar-refractivity contribution in [2.75, 3.05) is 6.54 Å². The highest BCUT2D eigenvalue weighted by Gasteiger charge is 2.31. The summed E-state index contributed by atoms with van der Waals surface area (Å²) in [6.07, 6.45) is 2.46. The Morgan fingerprint density at radius 1 is 1.33 bits per heavy atom. The van der Waals surface area contributed by atoms with Crippen molar-refractivity contribution in [3.63, 3.8) is 0 Å². The first kappa shape index (κ1) is 17.2. The summed E-state index contributed by atoms with van der Waals surface area (Å²) in [5, 5.41) is 9.40. The van der Waals surface area contributed by atoms with Crippen molar-refractivity contribution in [3.8, 4) is 0 Å². The molecular weight excluding hydrogens is 314 g/mol. The van der Waals surface area contributed by atoms with Gasteiger partial charge in [0.1, 0.15) is 18.9 Å². The molecule has 2 N–H and O–H groups in total. The fourth-order valence-electron chi connectivity index (χ4n) is 2.15. The van der Waals surface area contributed by atoms with Crippen LogP contribution in [0, 0.1) is 0 Å². The second-order valence-corrected chi connectivity index (χ2v) is 4.99. The zero-order valence-electron chi connectivity index (χ0n) is 12.8. The molecule has 0 fully saturated rings. The van der Waals surface area contributed by atoms with E-state index in [2.05, 4.69) is 9.97 Å². The van der Waals surface area contributed by atoms with Crippen LogP contribution >= 0.6 is 0 Å². The van der Waals surface area contributed by atoms with E-state index in [9.17, 15) is 19.5 Å². The number of carboxylic acids is 1. The van der Waals surface area contributed by atoms with Crippen molar-refractivity contribution in [1.29, 1.82) is 0 Å². The fraction of sp³-hybridized carbons (Fsp3) is 0.250. The SMILES string of the molecule is O=CCN(C(=O)OCc1ccccc1)[C@@H](Cc1cnc[nH]1)C(=O)O. The molecule has 24 heavy (non-hydrogen) atoms. The van der Waals surface area contributed by atoms with Crippen LogP contribution in [0.1, 0.15) is 11.3 Å². The standard InChI is InChI=1S/C16H17N3O5/c20-7-6-19(14(15(21)22)8-13-9-17-11-18-13)16(23)24-10-12-4-2-1-3-5-12/h1-5,7,9,11,14H,6,8,10H2,(H,17,18)(H,21,22)/t14-/m0/s1. The van der Waals surface area contributed by atoms with Crippen LogP contribution in [0.25, 0.3) is 0 Å². The third-order valence-electron chi connectivity index (χ3n) is 3.34. The zero-order valence-corrected chi connectivity index (χ0v) is 12.8. The predicted molar refractivity (Wildman–Crippen MR) is 83.1 cm³/mol. The summed E-state index contributed by atoms with van der Waals surface area (Å²) in [6.45, 7) is -0.385. The van der Waals surface area contributed by atoms with E-state index in [0.29, 0.717) is 12.0 Å². The summed E-state index contributed by atoms with van der Waals surface area (Å²) in [5.74, 6) is -1.23. The number of hydrogen-bond acceptors (Lipinski definition) is 5. The summed E-state index contributed by atoms with van der Waals surface area (Å²) in [6, 6.07) is 7.73. The van der Waals surface area contributed by atoms with E-state index in [-0.39, 0.29) is 19.6 Å². The Bertz CT molecular complexity index is 672. The molecule has 2 rings (SSSR count). The number of amides is 1. The average Bonchev–Trinajstić information content (AvgIpc) is 3.10. The van der Waals surface area contributed by atoms with Gasteiger partial charge >= 0.3 is 12.1 Å². The van der Waals surface area contributed by atoms with E-state index in [0.717, 1.165) is 10.5 Å². The highest BCUT2D eigenvalue weighted by atomic mass is 16.6. The molecule has 0 aliphatic carbocycles. The number of carbonyl (C=O) groups is 3. The van der Waals surface area contributed by atoms with Crippen LogP contribution in [0.15, 0.2) is 42.9 Å². The molecule has 0 spiro atoms. The van der Waals surface area contributed by atoms with Crippen molar-refractivity contribution in [1.82, 2.24) is 14.9 Å². The lowest BCUT2D eigenvalue weighted by atomic mass is 10.1. The van der Waals surface area contributed by atoms with Gasteiger partial charge in [0.05, 0.1) is 12.9 Å². The van der Waals surface area contributed by atoms with Gasteiger partial charge in [-0.2, -0.15) is 0 Å². The Hall–Kier alpha value is -3.16. The maximum atomic E-state index is 12.2. The first-order valence-electron chi connectivity index (χ1n) is 7.23. The van der Waals surface area contributed by atoms with E-state index in [1.807, 2.05) is 6.07 Å². The molecule has 2 aromatic rings. The number of carboxylic acid groups (broad SMARTS) is 1. The monoisotopic (exact) mass is 331 g/mol. The number of aldehydes is 1. The number of rotatable bonds is 8. The number of aromatic nitrogens is 2. The summed E-state index contributed by atoms with van der Waals surface area (Å²) >= 11 is 0. The number of benzene rings is 1. The molecule has 1 aromatic heterocycles. The molecule has 1 amide bonds. The molecule has 0 saturated heterocycles. The molecule has 0 unspecified atom stereocenters. The molecule has 8 heteroatoms. The second kappa shape index (κ2) is 8.47. The Morgan fingerprint density at radius 2 is 2.08 bits per heavy atom. The predicted octanol–water partition coefficient (Wildman–Crippen LogP) is 1.24. The summed E-state index contributed by atoms with van der Waals surface area (Å²) in [4.78, 5) is 42.1. The van der Waals surface area contributed by atoms with E-state index < -0.39 is 18.1 Å². The number of nitrogens with one attached hydrogen (secondary N) is 1. The Labute approximate surface area is 138 Å². The number of ether oxygens (including phenoxy) is 1. The minimum Gasteiger partial charge on any atom is -0.480 e. The number of H-pyrrole nitrogens is 1. The number of aliphatic carboxylic acids is 1. The largest absolute Gasteiger partial charge is 0.480 e. The molecule has 0 radical (unpaired) electrons. The molecular formula is C16H17N3O5. The lowest BCUT2D eigenvalue weighted by Crippen LogP contribution is -2.47. The van der Waals surface area contributed by atoms with Gasteiger partial charge in [0.2, 0.25) is 0 Å². The molecule has 0 aliphatic rings. The maximum absolute atomic E-state index is 12.2. The van der Waals surface area contributed by atoms with Gasteiger partial charge in [-0.3, -0.25) is 4.90 Å². The van der Waals surface area contributed by atoms with Crippen molar-refractivity contribution in [2.24, 2.45) is 0 Å². The molecule has 126 valence electrons. The Kier molecular flexibility index (Phi) is 6.07. The van der Waals surface area contributed by atoms with Crippen molar-refractivity contribution in [2.45, 2.75) is 19.1 Å². The number of hydrogen-bond donors (Lipinski definition) is 2. The van der Waals surface area contributed by atoms with Crippen molar-refractivity contribution >= 4 is 18.3 Å². The maximum Gasteiger partial charge on any atom is 0.411 e. The molecule has 0 bridgehead atoms. The fourth-order valence-corrected chi connectivity index (χ4v) is 2.15. The minimum atomic E-state index is -1.24. The van der Waals surface area contributed by atoms with Gasteiger partial charge in [0, 0.05) is 18.3 Å². The highest BCUT2D eigenvalue weighted by Crippen LogP contribution is 2.10. The van der Waals surface area contributed by atoms with Gasteiger partial charge in [-0.25, -0.2) is 14.6 Å². The zero-order chi connectivity index (χ0) is 17.4. The molecule has 0 aliphatic heterocycles. The van der Waals surface area contributed by atoms with Crippen LogP contribution in [-0.4, -0.2) is 50.9 Å². The number of aromatic amines is 1. The molecule has 1 heterocycles. The lowest BCUT2D eigenvalue weighted by molar-refractivity contribution is -0.142. The smallest absolute Gasteiger partial charge is 0.411 e. The van der Waals surface area contributed by atoms with Gasteiger partial charge < -0.3 is 19.6 Å². The summed E-state index contributed by atoms with van der Waals surface area (Å²) in [7, 11) is 0. The minimum absolute atomic E-state index is 0.00850. The van der Waals surface area contributed by atoms with Crippen LogP contribution in [0.2, 0.25) is 0 Å². The highest BCUT2D eigenvalue weighted by molar-refractivity contribution is 5.82. The van der Waals surface area contributed by atoms with Gasteiger partial charge in [-0.05, 0) is 5.56 Å². The Balaban J connectivity index is 2.07. The van der Waals surface area contributed by atoms with E-state index >= 15 is 0 Å². The molecule has 1 atom stereocenters. The number of nitrogens with zero attached hydrogens (tertiary/aromatic N) is 2. The normalized spacial score (nSPS) is 11.5. The van der Waals surface area contributed by atoms with Crippen LogP contribution in [0.3, 0.4) is 0 Å². The Morgan fingerprint density at radius 3 is 2.67 bits per heavy atom. The van der Waals surface area contributed by atoms with Gasteiger partial charge in [-0.1, -0.05) is 30.3 Å². The summed E-state index contributed by atoms with van der Waals surface area (Å²) in [5.41, 5.74) is 1.30. The molecule has 1 aromatic carbocycles.